The van der Waals surface area contributed by atoms with Gasteiger partial charge in [-0.2, -0.15) is 0 Å². The third-order valence-corrected chi connectivity index (χ3v) is 5.79. The maximum atomic E-state index is 12.5. The first-order valence-electron chi connectivity index (χ1n) is 11.2. The molecule has 8 heteroatoms. The molecule has 3 aromatic rings. The summed E-state index contributed by atoms with van der Waals surface area (Å²) in [5.74, 6) is 1.26. The maximum Gasteiger partial charge on any atom is 0.246 e. The number of nitrogens with zero attached hydrogens (tertiary/aromatic N) is 2. The van der Waals surface area contributed by atoms with Gasteiger partial charge in [-0.15, -0.1) is 0 Å². The minimum absolute atomic E-state index is 0.0612. The Hall–Kier alpha value is -4.07. The summed E-state index contributed by atoms with van der Waals surface area (Å²) in [6.07, 6.45) is 3.09. The fourth-order valence-corrected chi connectivity index (χ4v) is 3.43. The molecular weight excluding hydrogens is 446 g/mol. The van der Waals surface area contributed by atoms with Crippen molar-refractivity contribution in [1.82, 2.24) is 10.1 Å². The van der Waals surface area contributed by atoms with Gasteiger partial charge in [-0.25, -0.2) is 0 Å². The van der Waals surface area contributed by atoms with E-state index in [-0.39, 0.29) is 18.4 Å². The molecule has 1 heterocycles. The van der Waals surface area contributed by atoms with Crippen molar-refractivity contribution < 1.29 is 23.6 Å². The van der Waals surface area contributed by atoms with Gasteiger partial charge in [0.2, 0.25) is 11.8 Å². The second-order valence-corrected chi connectivity index (χ2v) is 8.32. The van der Waals surface area contributed by atoms with E-state index in [1.54, 1.807) is 32.4 Å². The van der Waals surface area contributed by atoms with Gasteiger partial charge in [0.05, 0.1) is 24.9 Å². The van der Waals surface area contributed by atoms with Crippen LogP contribution in [0, 0.1) is 27.7 Å². The zero-order valence-corrected chi connectivity index (χ0v) is 21.0. The number of aryl methyl sites for hydroxylation is 3. The maximum absolute atomic E-state index is 12.5. The van der Waals surface area contributed by atoms with Gasteiger partial charge in [0, 0.05) is 18.8 Å². The number of carbonyl (C=O) groups excluding carboxylic acids is 2. The van der Waals surface area contributed by atoms with Crippen LogP contribution in [0.5, 0.6) is 11.5 Å². The predicted octanol–water partition coefficient (Wildman–Crippen LogP) is 4.61. The van der Waals surface area contributed by atoms with Crippen LogP contribution in [0.15, 0.2) is 47.0 Å². The standard InChI is InChI=1S/C27H31N3O5/c1-17-8-7-9-23(18(17)2)28-26(31)15-30(5)27(32)13-11-21-10-12-24(25(14-21)33-6)34-16-22-19(3)29-35-20(22)4/h7-14H,15-16H2,1-6H3,(H,28,31). The van der Waals surface area contributed by atoms with Gasteiger partial charge in [-0.1, -0.05) is 23.4 Å². The minimum atomic E-state index is -0.293. The van der Waals surface area contributed by atoms with E-state index in [9.17, 15) is 9.59 Å². The molecule has 0 atom stereocenters. The molecule has 0 bridgehead atoms. The number of anilines is 1. The normalized spacial score (nSPS) is 10.9. The number of hydrogen-bond acceptors (Lipinski definition) is 6. The number of likely N-dealkylation sites (N-methyl/N-ethyl adjacent to an activating group) is 1. The Bertz CT molecular complexity index is 1230. The Labute approximate surface area is 205 Å². The summed E-state index contributed by atoms with van der Waals surface area (Å²) in [6, 6.07) is 11.1. The van der Waals surface area contributed by atoms with Crippen LogP contribution >= 0.6 is 0 Å². The van der Waals surface area contributed by atoms with Crippen LogP contribution in [0.4, 0.5) is 5.69 Å². The van der Waals surface area contributed by atoms with Crippen LogP contribution in [-0.2, 0) is 16.2 Å². The van der Waals surface area contributed by atoms with E-state index in [0.29, 0.717) is 23.9 Å². The van der Waals surface area contributed by atoms with E-state index < -0.39 is 0 Å². The van der Waals surface area contributed by atoms with Gasteiger partial charge in [-0.3, -0.25) is 9.59 Å². The highest BCUT2D eigenvalue weighted by atomic mass is 16.5. The van der Waals surface area contributed by atoms with Gasteiger partial charge >= 0.3 is 0 Å². The Morgan fingerprint density at radius 1 is 1.11 bits per heavy atom. The molecular formula is C27H31N3O5. The fourth-order valence-electron chi connectivity index (χ4n) is 3.43. The van der Waals surface area contributed by atoms with E-state index in [0.717, 1.165) is 33.6 Å². The highest BCUT2D eigenvalue weighted by molar-refractivity contribution is 5.98. The van der Waals surface area contributed by atoms with E-state index >= 15 is 0 Å². The van der Waals surface area contributed by atoms with Crippen molar-refractivity contribution in [3.8, 4) is 11.5 Å². The number of ether oxygens (including phenoxy) is 2. The number of hydrogen-bond donors (Lipinski definition) is 1. The fraction of sp³-hybridized carbons (Fsp3) is 0.296. The number of benzene rings is 2. The molecule has 184 valence electrons. The van der Waals surface area contributed by atoms with Crippen LogP contribution in [0.1, 0.15) is 33.7 Å². The summed E-state index contributed by atoms with van der Waals surface area (Å²) < 4.78 is 16.5. The zero-order chi connectivity index (χ0) is 25.5. The molecule has 2 amide bonds. The average molecular weight is 478 g/mol. The van der Waals surface area contributed by atoms with Gasteiger partial charge in [0.15, 0.2) is 11.5 Å². The second kappa shape index (κ2) is 11.4. The van der Waals surface area contributed by atoms with Crippen LogP contribution < -0.4 is 14.8 Å². The molecule has 8 nitrogen and oxygen atoms in total. The highest BCUT2D eigenvalue weighted by Gasteiger charge is 2.14. The Morgan fingerprint density at radius 2 is 1.89 bits per heavy atom. The predicted molar refractivity (Wildman–Crippen MR) is 135 cm³/mol. The Balaban J connectivity index is 1.59. The van der Waals surface area contributed by atoms with Crippen molar-refractivity contribution >= 4 is 23.6 Å². The smallest absolute Gasteiger partial charge is 0.246 e. The van der Waals surface area contributed by atoms with Gasteiger partial charge in [-0.05, 0) is 68.7 Å². The van der Waals surface area contributed by atoms with Gasteiger partial charge in [0.25, 0.3) is 0 Å². The largest absolute Gasteiger partial charge is 0.493 e. The SMILES string of the molecule is COc1cc(C=CC(=O)N(C)CC(=O)Nc2cccc(C)c2C)ccc1OCc1c(C)noc1C. The molecule has 0 saturated carbocycles. The van der Waals surface area contributed by atoms with Crippen LogP contribution in [0.25, 0.3) is 6.08 Å². The summed E-state index contributed by atoms with van der Waals surface area (Å²) in [5, 5.41) is 6.79. The lowest BCUT2D eigenvalue weighted by molar-refractivity contribution is -0.129. The first-order chi connectivity index (χ1) is 16.7. The number of rotatable bonds is 9. The molecule has 0 aliphatic carbocycles. The third kappa shape index (κ3) is 6.50. The van der Waals surface area contributed by atoms with Crippen LogP contribution in [0.3, 0.4) is 0 Å². The Morgan fingerprint density at radius 3 is 2.57 bits per heavy atom. The van der Waals surface area contributed by atoms with Crippen molar-refractivity contribution in [2.24, 2.45) is 0 Å². The number of nitrogens with one attached hydrogen (secondary N) is 1. The number of aromatic nitrogens is 1. The molecule has 0 aliphatic heterocycles. The molecule has 0 saturated heterocycles. The van der Waals surface area contributed by atoms with Crippen molar-refractivity contribution in [2.75, 3.05) is 26.0 Å². The molecule has 0 radical (unpaired) electrons. The van der Waals surface area contributed by atoms with E-state index in [4.69, 9.17) is 14.0 Å². The molecule has 0 unspecified atom stereocenters. The van der Waals surface area contributed by atoms with E-state index in [2.05, 4.69) is 10.5 Å². The topological polar surface area (TPSA) is 93.9 Å². The summed E-state index contributed by atoms with van der Waals surface area (Å²) in [5.41, 5.74) is 5.27. The third-order valence-electron chi connectivity index (χ3n) is 5.79. The second-order valence-electron chi connectivity index (χ2n) is 8.32. The minimum Gasteiger partial charge on any atom is -0.493 e. The van der Waals surface area contributed by atoms with Crippen LogP contribution in [-0.4, -0.2) is 42.6 Å². The van der Waals surface area contributed by atoms with Gasteiger partial charge < -0.3 is 24.2 Å². The summed E-state index contributed by atoms with van der Waals surface area (Å²) in [4.78, 5) is 26.3. The quantitative estimate of drug-likeness (QED) is 0.453. The van der Waals surface area contributed by atoms with Gasteiger partial charge in [0.1, 0.15) is 12.4 Å². The van der Waals surface area contributed by atoms with Crippen molar-refractivity contribution in [3.63, 3.8) is 0 Å². The van der Waals surface area contributed by atoms with Crippen LogP contribution in [0.2, 0.25) is 0 Å². The molecule has 0 aliphatic rings. The zero-order valence-electron chi connectivity index (χ0n) is 21.0. The molecule has 1 N–H and O–H groups in total. The Kier molecular flexibility index (Phi) is 8.30. The van der Waals surface area contributed by atoms with Crippen molar-refractivity contribution in [1.29, 1.82) is 0 Å². The monoisotopic (exact) mass is 477 g/mol. The molecule has 0 spiro atoms. The molecule has 35 heavy (non-hydrogen) atoms. The average Bonchev–Trinajstić information content (AvgIpc) is 3.16. The van der Waals surface area contributed by atoms with E-state index in [1.165, 1.54) is 11.0 Å². The summed E-state index contributed by atoms with van der Waals surface area (Å²) in [7, 11) is 3.14. The molecule has 2 aromatic carbocycles. The number of carbonyl (C=O) groups is 2. The first kappa shape index (κ1) is 25.6. The lowest BCUT2D eigenvalue weighted by Gasteiger charge is -2.16. The highest BCUT2D eigenvalue weighted by Crippen LogP contribution is 2.30. The number of amides is 2. The molecule has 1 aromatic heterocycles. The first-order valence-corrected chi connectivity index (χ1v) is 11.2. The van der Waals surface area contributed by atoms with E-state index in [1.807, 2.05) is 52.0 Å². The lowest BCUT2D eigenvalue weighted by atomic mass is 10.1. The summed E-state index contributed by atoms with van der Waals surface area (Å²) in [6.45, 7) is 7.88. The molecule has 3 rings (SSSR count). The summed E-state index contributed by atoms with van der Waals surface area (Å²) >= 11 is 0. The molecule has 0 fully saturated rings. The number of methoxy groups -OCH3 is 1. The lowest BCUT2D eigenvalue weighted by Crippen LogP contribution is -2.34. The van der Waals surface area contributed by atoms with Crippen molar-refractivity contribution in [3.05, 3.63) is 76.2 Å². The van der Waals surface area contributed by atoms with Crippen molar-refractivity contribution in [2.45, 2.75) is 34.3 Å².